The fraction of sp³-hybridized carbons (Fsp3) is 0.500. The summed E-state index contributed by atoms with van der Waals surface area (Å²) in [5.41, 5.74) is 1.09. The molecule has 1 aliphatic rings. The summed E-state index contributed by atoms with van der Waals surface area (Å²) in [7, 11) is 1.64. The molecule has 1 aromatic carbocycles. The van der Waals surface area contributed by atoms with Crippen molar-refractivity contribution in [2.45, 2.75) is 32.5 Å². The number of rotatable bonds is 5. The van der Waals surface area contributed by atoms with Crippen LogP contribution >= 0.6 is 0 Å². The fourth-order valence-corrected chi connectivity index (χ4v) is 2.19. The second kappa shape index (κ2) is 5.87. The SMILES string of the molecule is CCOC1CCC(=O)N1Cc1ccc(OC)cc1. The summed E-state index contributed by atoms with van der Waals surface area (Å²) in [5.74, 6) is 0.997. The van der Waals surface area contributed by atoms with Crippen molar-refractivity contribution < 1.29 is 14.3 Å². The molecule has 4 heteroatoms. The van der Waals surface area contributed by atoms with Gasteiger partial charge < -0.3 is 14.4 Å². The van der Waals surface area contributed by atoms with Gasteiger partial charge in [0.2, 0.25) is 5.91 Å². The van der Waals surface area contributed by atoms with E-state index in [4.69, 9.17) is 9.47 Å². The minimum atomic E-state index is -0.0652. The van der Waals surface area contributed by atoms with E-state index in [-0.39, 0.29) is 12.1 Å². The van der Waals surface area contributed by atoms with Crippen LogP contribution in [0.2, 0.25) is 0 Å². The number of hydrogen-bond donors (Lipinski definition) is 0. The third kappa shape index (κ3) is 2.82. The summed E-state index contributed by atoms with van der Waals surface area (Å²) in [4.78, 5) is 13.6. The first-order chi connectivity index (χ1) is 8.74. The van der Waals surface area contributed by atoms with Crippen LogP contribution in [0.5, 0.6) is 5.75 Å². The number of benzene rings is 1. The van der Waals surface area contributed by atoms with E-state index >= 15 is 0 Å². The van der Waals surface area contributed by atoms with Crippen molar-refractivity contribution >= 4 is 5.91 Å². The van der Waals surface area contributed by atoms with Gasteiger partial charge >= 0.3 is 0 Å². The smallest absolute Gasteiger partial charge is 0.225 e. The highest BCUT2D eigenvalue weighted by molar-refractivity contribution is 5.78. The van der Waals surface area contributed by atoms with E-state index in [2.05, 4.69) is 0 Å². The van der Waals surface area contributed by atoms with Crippen molar-refractivity contribution in [2.24, 2.45) is 0 Å². The van der Waals surface area contributed by atoms with Gasteiger partial charge in [0.05, 0.1) is 7.11 Å². The second-order valence-corrected chi connectivity index (χ2v) is 4.32. The van der Waals surface area contributed by atoms with E-state index in [1.54, 1.807) is 7.11 Å². The molecule has 0 spiro atoms. The molecule has 1 fully saturated rings. The molecule has 1 aromatic rings. The summed E-state index contributed by atoms with van der Waals surface area (Å²) in [6.45, 7) is 3.19. The lowest BCUT2D eigenvalue weighted by Gasteiger charge is -2.24. The normalized spacial score (nSPS) is 19.3. The Morgan fingerprint density at radius 3 is 2.67 bits per heavy atom. The molecular weight excluding hydrogens is 230 g/mol. The first kappa shape index (κ1) is 12.9. The Hall–Kier alpha value is -1.55. The van der Waals surface area contributed by atoms with Crippen molar-refractivity contribution in [3.8, 4) is 5.75 Å². The standard InChI is InChI=1S/C14H19NO3/c1-3-18-14-9-8-13(16)15(14)10-11-4-6-12(17-2)7-5-11/h4-7,14H,3,8-10H2,1-2H3. The lowest BCUT2D eigenvalue weighted by Crippen LogP contribution is -2.34. The van der Waals surface area contributed by atoms with E-state index < -0.39 is 0 Å². The maximum absolute atomic E-state index is 11.8. The fourth-order valence-electron chi connectivity index (χ4n) is 2.19. The molecule has 0 aromatic heterocycles. The number of likely N-dealkylation sites (tertiary alicyclic amines) is 1. The molecule has 2 rings (SSSR count). The van der Waals surface area contributed by atoms with Gasteiger partial charge in [0, 0.05) is 26.0 Å². The highest BCUT2D eigenvalue weighted by Gasteiger charge is 2.31. The number of methoxy groups -OCH3 is 1. The Labute approximate surface area is 107 Å². The van der Waals surface area contributed by atoms with Gasteiger partial charge in [-0.1, -0.05) is 12.1 Å². The zero-order valence-electron chi connectivity index (χ0n) is 10.9. The Morgan fingerprint density at radius 2 is 2.06 bits per heavy atom. The molecule has 1 atom stereocenters. The van der Waals surface area contributed by atoms with Crippen molar-refractivity contribution in [2.75, 3.05) is 13.7 Å². The lowest BCUT2D eigenvalue weighted by atomic mass is 10.2. The van der Waals surface area contributed by atoms with Crippen LogP contribution in [-0.2, 0) is 16.1 Å². The third-order valence-electron chi connectivity index (χ3n) is 3.14. The molecule has 18 heavy (non-hydrogen) atoms. The highest BCUT2D eigenvalue weighted by atomic mass is 16.5. The minimum Gasteiger partial charge on any atom is -0.497 e. The highest BCUT2D eigenvalue weighted by Crippen LogP contribution is 2.23. The van der Waals surface area contributed by atoms with Gasteiger partial charge in [0.1, 0.15) is 12.0 Å². The largest absolute Gasteiger partial charge is 0.497 e. The Morgan fingerprint density at radius 1 is 1.33 bits per heavy atom. The monoisotopic (exact) mass is 249 g/mol. The summed E-state index contributed by atoms with van der Waals surface area (Å²) in [6, 6.07) is 7.78. The molecule has 1 saturated heterocycles. The predicted octanol–water partition coefficient (Wildman–Crippen LogP) is 2.18. The number of carbonyl (C=O) groups excluding carboxylic acids is 1. The van der Waals surface area contributed by atoms with Crippen LogP contribution in [0.25, 0.3) is 0 Å². The minimum absolute atomic E-state index is 0.0652. The second-order valence-electron chi connectivity index (χ2n) is 4.32. The predicted molar refractivity (Wildman–Crippen MR) is 68.2 cm³/mol. The molecule has 0 radical (unpaired) electrons. The number of ether oxygens (including phenoxy) is 2. The van der Waals surface area contributed by atoms with Gasteiger partial charge in [-0.15, -0.1) is 0 Å². The zero-order chi connectivity index (χ0) is 13.0. The Bertz CT molecular complexity index is 402. The summed E-state index contributed by atoms with van der Waals surface area (Å²) >= 11 is 0. The zero-order valence-corrected chi connectivity index (χ0v) is 10.9. The van der Waals surface area contributed by atoms with Crippen LogP contribution in [-0.4, -0.2) is 30.8 Å². The summed E-state index contributed by atoms with van der Waals surface area (Å²) in [5, 5.41) is 0. The average Bonchev–Trinajstić information content (AvgIpc) is 2.73. The quantitative estimate of drug-likeness (QED) is 0.803. The van der Waals surface area contributed by atoms with Crippen LogP contribution in [0, 0.1) is 0 Å². The van der Waals surface area contributed by atoms with Gasteiger partial charge in [-0.25, -0.2) is 0 Å². The van der Waals surface area contributed by atoms with E-state index in [0.29, 0.717) is 19.6 Å². The molecule has 0 N–H and O–H groups in total. The molecule has 4 nitrogen and oxygen atoms in total. The molecule has 1 heterocycles. The maximum atomic E-state index is 11.8. The van der Waals surface area contributed by atoms with Gasteiger partial charge in [0.15, 0.2) is 0 Å². The maximum Gasteiger partial charge on any atom is 0.225 e. The van der Waals surface area contributed by atoms with E-state index in [0.717, 1.165) is 17.7 Å². The van der Waals surface area contributed by atoms with Crippen molar-refractivity contribution in [1.29, 1.82) is 0 Å². The first-order valence-electron chi connectivity index (χ1n) is 6.28. The molecule has 1 aliphatic heterocycles. The topological polar surface area (TPSA) is 38.8 Å². The third-order valence-corrected chi connectivity index (χ3v) is 3.14. The van der Waals surface area contributed by atoms with E-state index in [1.807, 2.05) is 36.1 Å². The molecule has 98 valence electrons. The Kier molecular flexibility index (Phi) is 4.20. The van der Waals surface area contributed by atoms with Gasteiger partial charge in [0.25, 0.3) is 0 Å². The van der Waals surface area contributed by atoms with Crippen molar-refractivity contribution in [3.63, 3.8) is 0 Å². The molecule has 0 aliphatic carbocycles. The molecule has 1 amide bonds. The van der Waals surface area contributed by atoms with Crippen LogP contribution in [0.15, 0.2) is 24.3 Å². The average molecular weight is 249 g/mol. The molecule has 1 unspecified atom stereocenters. The number of carbonyl (C=O) groups is 1. The Balaban J connectivity index is 2.03. The number of hydrogen-bond acceptors (Lipinski definition) is 3. The van der Waals surface area contributed by atoms with E-state index in [1.165, 1.54) is 0 Å². The summed E-state index contributed by atoms with van der Waals surface area (Å²) in [6.07, 6.45) is 1.31. The van der Waals surface area contributed by atoms with Crippen LogP contribution in [0.4, 0.5) is 0 Å². The van der Waals surface area contributed by atoms with Gasteiger partial charge in [-0.2, -0.15) is 0 Å². The van der Waals surface area contributed by atoms with Gasteiger partial charge in [-0.3, -0.25) is 4.79 Å². The molecular formula is C14H19NO3. The van der Waals surface area contributed by atoms with E-state index in [9.17, 15) is 4.79 Å². The van der Waals surface area contributed by atoms with Crippen LogP contribution < -0.4 is 4.74 Å². The van der Waals surface area contributed by atoms with Crippen LogP contribution in [0.1, 0.15) is 25.3 Å². The van der Waals surface area contributed by atoms with Crippen molar-refractivity contribution in [1.82, 2.24) is 4.90 Å². The summed E-state index contributed by atoms with van der Waals surface area (Å²) < 4.78 is 10.7. The first-order valence-corrected chi connectivity index (χ1v) is 6.28. The lowest BCUT2D eigenvalue weighted by molar-refractivity contribution is -0.137. The number of amides is 1. The van der Waals surface area contributed by atoms with Crippen molar-refractivity contribution in [3.05, 3.63) is 29.8 Å². The molecule has 0 saturated carbocycles. The number of nitrogens with zero attached hydrogens (tertiary/aromatic N) is 1. The molecule has 0 bridgehead atoms. The van der Waals surface area contributed by atoms with Gasteiger partial charge in [-0.05, 0) is 24.6 Å². The van der Waals surface area contributed by atoms with Crippen LogP contribution in [0.3, 0.4) is 0 Å².